The van der Waals surface area contributed by atoms with Crippen LogP contribution < -0.4 is 5.32 Å². The van der Waals surface area contributed by atoms with E-state index in [1.165, 1.54) is 0 Å². The van der Waals surface area contributed by atoms with Gasteiger partial charge in [-0.25, -0.2) is 0 Å². The van der Waals surface area contributed by atoms with Crippen LogP contribution in [-0.4, -0.2) is 22.2 Å². The molecule has 0 saturated heterocycles. The van der Waals surface area contributed by atoms with E-state index in [2.05, 4.69) is 5.32 Å². The molecule has 1 unspecified atom stereocenters. The van der Waals surface area contributed by atoms with Gasteiger partial charge < -0.3 is 20.3 Å². The van der Waals surface area contributed by atoms with E-state index in [9.17, 15) is 5.11 Å². The third-order valence-electron chi connectivity index (χ3n) is 1.68. The zero-order valence-electron chi connectivity index (χ0n) is 10.5. The van der Waals surface area contributed by atoms with Crippen molar-refractivity contribution in [2.45, 2.75) is 53.6 Å². The Kier molecular flexibility index (Phi) is 4.62. The van der Waals surface area contributed by atoms with Crippen LogP contribution in [0.1, 0.15) is 41.5 Å². The third kappa shape index (κ3) is 6.36. The molecule has 0 spiro atoms. The normalized spacial score (nSPS) is 16.3. The van der Waals surface area contributed by atoms with Gasteiger partial charge in [0.05, 0.1) is 17.6 Å². The van der Waals surface area contributed by atoms with E-state index in [0.29, 0.717) is 5.70 Å². The van der Waals surface area contributed by atoms with Gasteiger partial charge in [-0.2, -0.15) is 0 Å². The third-order valence-corrected chi connectivity index (χ3v) is 1.68. The summed E-state index contributed by atoms with van der Waals surface area (Å²) in [4.78, 5) is 0. The predicted octanol–water partition coefficient (Wildman–Crippen LogP) is 2.11. The smallest absolute Gasteiger partial charge is 0.235 e. The highest BCUT2D eigenvalue weighted by atomic mass is 16.6. The molecule has 0 saturated carbocycles. The van der Waals surface area contributed by atoms with Crippen molar-refractivity contribution in [1.29, 1.82) is 0 Å². The molecule has 0 aliphatic rings. The Morgan fingerprint density at radius 1 is 1.20 bits per heavy atom. The van der Waals surface area contributed by atoms with Crippen molar-refractivity contribution in [2.24, 2.45) is 5.41 Å². The quantitative estimate of drug-likeness (QED) is 0.500. The lowest BCUT2D eigenvalue weighted by Gasteiger charge is -2.29. The van der Waals surface area contributed by atoms with Crippen molar-refractivity contribution in [2.75, 3.05) is 0 Å². The van der Waals surface area contributed by atoms with Crippen LogP contribution in [0.15, 0.2) is 12.0 Å². The Labute approximate surface area is 92.0 Å². The minimum Gasteiger partial charge on any atom is -0.514 e. The van der Waals surface area contributed by atoms with Crippen molar-refractivity contribution >= 4 is 0 Å². The number of rotatable bonds is 3. The number of nitrogens with one attached hydrogen (secondary N) is 1. The highest BCUT2D eigenvalue weighted by Gasteiger charge is 2.22. The maximum absolute atomic E-state index is 9.56. The Hall–Kier alpha value is -0.740. The van der Waals surface area contributed by atoms with E-state index in [-0.39, 0.29) is 5.41 Å². The highest BCUT2D eigenvalue weighted by molar-refractivity contribution is 5.04. The van der Waals surface area contributed by atoms with Crippen molar-refractivity contribution in [3.8, 4) is 0 Å². The van der Waals surface area contributed by atoms with Crippen LogP contribution in [0, 0.1) is 5.41 Å². The molecule has 0 rings (SSSR count). The van der Waals surface area contributed by atoms with Crippen LogP contribution in [0.3, 0.4) is 0 Å². The maximum atomic E-state index is 9.56. The molecule has 90 valence electrons. The zero-order chi connectivity index (χ0) is 12.3. The number of aliphatic hydroxyl groups is 2. The summed E-state index contributed by atoms with van der Waals surface area (Å²) in [5.74, 6) is 0. The van der Waals surface area contributed by atoms with E-state index in [1.54, 1.807) is 0 Å². The van der Waals surface area contributed by atoms with E-state index < -0.39 is 12.0 Å². The monoisotopic (exact) mass is 217 g/mol. The topological polar surface area (TPSA) is 61.7 Å². The lowest BCUT2D eigenvalue weighted by molar-refractivity contribution is -0.178. The van der Waals surface area contributed by atoms with E-state index in [0.717, 1.165) is 6.26 Å². The standard InChI is InChI=1S/C11H23NO3/c1-10(2,3)8(7-13)12-9(14)15-11(4,5)6/h7,9,12-14H,1-6H3/b8-7+. The molecule has 0 fully saturated rings. The SMILES string of the molecule is CC(C)(C)OC(O)N/C(=C/O)C(C)(C)C. The van der Waals surface area contributed by atoms with Gasteiger partial charge in [-0.1, -0.05) is 20.8 Å². The van der Waals surface area contributed by atoms with Crippen LogP contribution in [-0.2, 0) is 4.74 Å². The van der Waals surface area contributed by atoms with Gasteiger partial charge in [-0.3, -0.25) is 0 Å². The number of ether oxygens (including phenoxy) is 1. The molecule has 1 atom stereocenters. The Morgan fingerprint density at radius 3 is 1.93 bits per heavy atom. The Morgan fingerprint density at radius 2 is 1.67 bits per heavy atom. The van der Waals surface area contributed by atoms with Crippen LogP contribution in [0.5, 0.6) is 0 Å². The molecule has 0 aliphatic carbocycles. The molecule has 0 heterocycles. The van der Waals surface area contributed by atoms with Crippen molar-refractivity contribution in [1.82, 2.24) is 5.32 Å². The molecule has 0 radical (unpaired) electrons. The zero-order valence-corrected chi connectivity index (χ0v) is 10.5. The average molecular weight is 217 g/mol. The molecule has 4 heteroatoms. The number of hydrogen-bond donors (Lipinski definition) is 3. The van der Waals surface area contributed by atoms with Crippen molar-refractivity contribution in [3.05, 3.63) is 12.0 Å². The molecular formula is C11H23NO3. The second-order valence-corrected chi connectivity index (χ2v) is 5.52. The van der Waals surface area contributed by atoms with Crippen LogP contribution >= 0.6 is 0 Å². The van der Waals surface area contributed by atoms with Gasteiger partial charge in [0.15, 0.2) is 0 Å². The molecule has 4 nitrogen and oxygen atoms in total. The summed E-state index contributed by atoms with van der Waals surface area (Å²) < 4.78 is 5.26. The molecule has 0 aromatic rings. The molecular weight excluding hydrogens is 194 g/mol. The second kappa shape index (κ2) is 4.86. The minimum absolute atomic E-state index is 0.267. The van der Waals surface area contributed by atoms with Crippen LogP contribution in [0.4, 0.5) is 0 Å². The second-order valence-electron chi connectivity index (χ2n) is 5.52. The number of hydrogen-bond acceptors (Lipinski definition) is 4. The fourth-order valence-corrected chi connectivity index (χ4v) is 0.945. The summed E-state index contributed by atoms with van der Waals surface area (Å²) in [6, 6.07) is 0. The van der Waals surface area contributed by atoms with Gasteiger partial charge >= 0.3 is 0 Å². The van der Waals surface area contributed by atoms with E-state index >= 15 is 0 Å². The predicted molar refractivity (Wildman–Crippen MR) is 60.1 cm³/mol. The summed E-state index contributed by atoms with van der Waals surface area (Å²) in [6.07, 6.45) is -0.169. The molecule has 0 aromatic carbocycles. The molecule has 15 heavy (non-hydrogen) atoms. The summed E-state index contributed by atoms with van der Waals surface area (Å²) in [5, 5.41) is 21.3. The fourth-order valence-electron chi connectivity index (χ4n) is 0.945. The average Bonchev–Trinajstić information content (AvgIpc) is 1.94. The molecule has 0 bridgehead atoms. The van der Waals surface area contributed by atoms with Crippen LogP contribution in [0.25, 0.3) is 0 Å². The summed E-state index contributed by atoms with van der Waals surface area (Å²) in [5.41, 5.74) is -0.179. The van der Waals surface area contributed by atoms with Gasteiger partial charge in [0, 0.05) is 5.41 Å². The van der Waals surface area contributed by atoms with Crippen LogP contribution in [0.2, 0.25) is 0 Å². The summed E-state index contributed by atoms with van der Waals surface area (Å²) >= 11 is 0. The molecule has 3 N–H and O–H groups in total. The number of aliphatic hydroxyl groups excluding tert-OH is 2. The first kappa shape index (κ1) is 14.3. The fraction of sp³-hybridized carbons (Fsp3) is 0.818. The molecule has 0 aromatic heterocycles. The minimum atomic E-state index is -1.12. The first-order valence-electron chi connectivity index (χ1n) is 5.03. The largest absolute Gasteiger partial charge is 0.514 e. The Bertz CT molecular complexity index is 223. The first-order valence-corrected chi connectivity index (χ1v) is 5.03. The first-order chi connectivity index (χ1) is 6.56. The lowest BCUT2D eigenvalue weighted by Crippen LogP contribution is -2.40. The highest BCUT2D eigenvalue weighted by Crippen LogP contribution is 2.23. The number of allylic oxidation sites excluding steroid dienone is 1. The van der Waals surface area contributed by atoms with Crippen molar-refractivity contribution in [3.63, 3.8) is 0 Å². The van der Waals surface area contributed by atoms with Gasteiger partial charge in [0.2, 0.25) is 6.41 Å². The van der Waals surface area contributed by atoms with E-state index in [1.807, 2.05) is 41.5 Å². The van der Waals surface area contributed by atoms with Gasteiger partial charge in [-0.15, -0.1) is 0 Å². The summed E-state index contributed by atoms with van der Waals surface area (Å²) in [6.45, 7) is 11.3. The molecule has 0 amide bonds. The molecule has 0 aliphatic heterocycles. The van der Waals surface area contributed by atoms with Gasteiger partial charge in [-0.05, 0) is 20.8 Å². The van der Waals surface area contributed by atoms with Gasteiger partial charge in [0.1, 0.15) is 0 Å². The lowest BCUT2D eigenvalue weighted by atomic mass is 9.93. The van der Waals surface area contributed by atoms with E-state index in [4.69, 9.17) is 9.84 Å². The van der Waals surface area contributed by atoms with Gasteiger partial charge in [0.25, 0.3) is 0 Å². The maximum Gasteiger partial charge on any atom is 0.235 e. The Balaban J connectivity index is 4.35. The van der Waals surface area contributed by atoms with Crippen molar-refractivity contribution < 1.29 is 14.9 Å². The summed E-state index contributed by atoms with van der Waals surface area (Å²) in [7, 11) is 0.